The van der Waals surface area contributed by atoms with Crippen molar-refractivity contribution in [3.63, 3.8) is 0 Å². The second kappa shape index (κ2) is 23.0. The average Bonchev–Trinajstić information content (AvgIpc) is 3.60. The minimum absolute atomic E-state index is 0.0405. The monoisotopic (exact) mass is 742 g/mol. The number of carboxylic acid groups (broad SMARTS) is 1. The van der Waals surface area contributed by atoms with Crippen molar-refractivity contribution in [2.24, 2.45) is 17.4 Å². The Morgan fingerprint density at radius 3 is 1.83 bits per heavy atom. The smallest absolute Gasteiger partial charge is 0.328 e. The van der Waals surface area contributed by atoms with Crippen molar-refractivity contribution in [1.82, 2.24) is 41.9 Å². The summed E-state index contributed by atoms with van der Waals surface area (Å²) in [6, 6.07) is -9.79. The number of carboxylic acids is 1. The fraction of sp³-hybridized carbons (Fsp3) is 0.677. The average molecular weight is 743 g/mol. The van der Waals surface area contributed by atoms with Gasteiger partial charge in [-0.15, -0.1) is 0 Å². The first kappa shape index (κ1) is 45.3. The van der Waals surface area contributed by atoms with Gasteiger partial charge in [-0.2, -0.15) is 0 Å². The molecule has 0 radical (unpaired) electrons. The number of H-pyrrole nitrogens is 1. The van der Waals surface area contributed by atoms with Crippen molar-refractivity contribution in [3.05, 3.63) is 18.2 Å². The summed E-state index contributed by atoms with van der Waals surface area (Å²) in [5.41, 5.74) is 11.9. The summed E-state index contributed by atoms with van der Waals surface area (Å²) in [7, 11) is 0. The molecule has 0 spiro atoms. The van der Waals surface area contributed by atoms with Crippen LogP contribution in [0.1, 0.15) is 59.1 Å². The van der Waals surface area contributed by atoms with Gasteiger partial charge in [-0.1, -0.05) is 20.3 Å². The van der Waals surface area contributed by atoms with Crippen molar-refractivity contribution in [1.29, 1.82) is 0 Å². The van der Waals surface area contributed by atoms with E-state index < -0.39 is 103 Å². The van der Waals surface area contributed by atoms with E-state index >= 15 is 0 Å². The van der Waals surface area contributed by atoms with Crippen LogP contribution in [-0.4, -0.2) is 140 Å². The number of rotatable bonds is 24. The van der Waals surface area contributed by atoms with Gasteiger partial charge in [0.2, 0.25) is 35.4 Å². The number of carbonyl (C=O) groups excluding carboxylic acids is 6. The third kappa shape index (κ3) is 15.7. The van der Waals surface area contributed by atoms with Crippen LogP contribution in [0.25, 0.3) is 0 Å². The fourth-order valence-corrected chi connectivity index (χ4v) is 4.70. The van der Waals surface area contributed by atoms with E-state index in [-0.39, 0.29) is 18.8 Å². The Morgan fingerprint density at radius 2 is 1.31 bits per heavy atom. The molecule has 0 unspecified atom stereocenters. The van der Waals surface area contributed by atoms with Crippen LogP contribution in [0.15, 0.2) is 12.5 Å². The molecule has 15 N–H and O–H groups in total. The number of hydrogen-bond donors (Lipinski definition) is 13. The number of nitrogens with two attached hydrogens (primary N) is 2. The van der Waals surface area contributed by atoms with Crippen LogP contribution in [0.2, 0.25) is 0 Å². The summed E-state index contributed by atoms with van der Waals surface area (Å²) in [5.74, 6) is -7.09. The van der Waals surface area contributed by atoms with Crippen molar-refractivity contribution in [2.75, 3.05) is 19.8 Å². The quantitative estimate of drug-likeness (QED) is 0.0441. The zero-order valence-electron chi connectivity index (χ0n) is 29.8. The molecule has 21 nitrogen and oxygen atoms in total. The molecule has 0 saturated heterocycles. The number of aromatic nitrogens is 2. The summed E-state index contributed by atoms with van der Waals surface area (Å²) in [4.78, 5) is 96.0. The van der Waals surface area contributed by atoms with Crippen LogP contribution in [0.3, 0.4) is 0 Å². The summed E-state index contributed by atoms with van der Waals surface area (Å²) < 4.78 is 0. The van der Waals surface area contributed by atoms with Gasteiger partial charge in [0.1, 0.15) is 36.3 Å². The summed E-state index contributed by atoms with van der Waals surface area (Å²) in [6.45, 7) is 4.47. The first-order valence-electron chi connectivity index (χ1n) is 16.8. The molecule has 0 aliphatic rings. The van der Waals surface area contributed by atoms with E-state index in [1.54, 1.807) is 13.8 Å². The van der Waals surface area contributed by atoms with Gasteiger partial charge >= 0.3 is 5.97 Å². The van der Waals surface area contributed by atoms with Crippen molar-refractivity contribution in [3.8, 4) is 0 Å². The molecule has 0 saturated carbocycles. The van der Waals surface area contributed by atoms with Gasteiger partial charge in [0.05, 0.1) is 31.7 Å². The number of carbonyl (C=O) groups is 7. The number of aliphatic hydroxyl groups excluding tert-OH is 3. The molecule has 21 heteroatoms. The second-order valence-corrected chi connectivity index (χ2v) is 12.7. The summed E-state index contributed by atoms with van der Waals surface area (Å²) >= 11 is 0. The molecule has 0 bridgehead atoms. The lowest BCUT2D eigenvalue weighted by molar-refractivity contribution is -0.143. The van der Waals surface area contributed by atoms with Crippen LogP contribution in [-0.2, 0) is 40.0 Å². The van der Waals surface area contributed by atoms with Gasteiger partial charge in [-0.25, -0.2) is 9.78 Å². The number of aliphatic hydroxyl groups is 3. The lowest BCUT2D eigenvalue weighted by Crippen LogP contribution is -2.62. The van der Waals surface area contributed by atoms with Gasteiger partial charge in [0.25, 0.3) is 0 Å². The van der Waals surface area contributed by atoms with E-state index in [9.17, 15) is 43.8 Å². The third-order valence-corrected chi connectivity index (χ3v) is 7.69. The molecular weight excluding hydrogens is 688 g/mol. The number of nitrogens with zero attached hydrogens (tertiary/aromatic N) is 1. The molecule has 6 amide bonds. The Balaban J connectivity index is 3.06. The van der Waals surface area contributed by atoms with Crippen LogP contribution in [0.5, 0.6) is 0 Å². The Hall–Kier alpha value is -4.70. The molecule has 0 aromatic carbocycles. The number of nitrogens with one attached hydrogen (secondary N) is 7. The fourth-order valence-electron chi connectivity index (χ4n) is 4.70. The molecule has 0 fully saturated rings. The molecule has 1 aromatic rings. The molecule has 1 rings (SSSR count). The molecule has 52 heavy (non-hydrogen) atoms. The Morgan fingerprint density at radius 1 is 0.750 bits per heavy atom. The molecule has 294 valence electrons. The van der Waals surface area contributed by atoms with Crippen LogP contribution < -0.4 is 43.4 Å². The number of aromatic amines is 1. The predicted molar refractivity (Wildman–Crippen MR) is 183 cm³/mol. The van der Waals surface area contributed by atoms with Crippen molar-refractivity contribution in [2.45, 2.75) is 108 Å². The van der Waals surface area contributed by atoms with Crippen molar-refractivity contribution < 1.29 is 54.0 Å². The number of imidazole rings is 1. The first-order chi connectivity index (χ1) is 24.4. The van der Waals surface area contributed by atoms with E-state index in [4.69, 9.17) is 21.7 Å². The van der Waals surface area contributed by atoms with Crippen LogP contribution >= 0.6 is 0 Å². The molecular formula is C31H54N10O11. The van der Waals surface area contributed by atoms with E-state index in [0.717, 1.165) is 0 Å². The molecule has 8 atom stereocenters. The molecule has 0 aliphatic heterocycles. The minimum atomic E-state index is -1.68. The maximum Gasteiger partial charge on any atom is 0.328 e. The second-order valence-electron chi connectivity index (χ2n) is 12.7. The van der Waals surface area contributed by atoms with Crippen LogP contribution in [0.4, 0.5) is 0 Å². The highest BCUT2D eigenvalue weighted by atomic mass is 16.4. The Bertz CT molecular complexity index is 1330. The highest BCUT2D eigenvalue weighted by molar-refractivity contribution is 5.97. The normalized spacial score (nSPS) is 15.8. The predicted octanol–water partition coefficient (Wildman–Crippen LogP) is -5.17. The Labute approximate surface area is 300 Å². The van der Waals surface area contributed by atoms with Gasteiger partial charge < -0.3 is 68.8 Å². The van der Waals surface area contributed by atoms with E-state index in [0.29, 0.717) is 31.5 Å². The maximum absolute atomic E-state index is 13.4. The van der Waals surface area contributed by atoms with E-state index in [1.807, 2.05) is 0 Å². The van der Waals surface area contributed by atoms with Gasteiger partial charge in [-0.05, 0) is 45.6 Å². The summed E-state index contributed by atoms with van der Waals surface area (Å²) in [6.07, 6.45) is 2.71. The van der Waals surface area contributed by atoms with Gasteiger partial charge in [-0.3, -0.25) is 28.8 Å². The SMILES string of the molecule is CC(C)C[C@H](NC(=O)[C@H](CO)NC(=O)[C@@H](NC(=O)[C@H](Cc1cnc[nH]1)NC(=O)[C@@H](N)CCCCN)[C@@H](C)O)C(=O)N[C@@H](C)C(=O)N[C@@H](CO)C(=O)O. The van der Waals surface area contributed by atoms with Crippen molar-refractivity contribution >= 4 is 41.4 Å². The number of hydrogen-bond acceptors (Lipinski definition) is 13. The number of unbranched alkanes of at least 4 members (excludes halogenated alkanes) is 1. The highest BCUT2D eigenvalue weighted by Crippen LogP contribution is 2.08. The molecule has 1 aromatic heterocycles. The van der Waals surface area contributed by atoms with Crippen LogP contribution in [0, 0.1) is 5.92 Å². The Kier molecular flexibility index (Phi) is 20.0. The minimum Gasteiger partial charge on any atom is -0.480 e. The zero-order valence-corrected chi connectivity index (χ0v) is 29.8. The lowest BCUT2D eigenvalue weighted by Gasteiger charge is -2.28. The first-order valence-corrected chi connectivity index (χ1v) is 16.8. The van der Waals surface area contributed by atoms with Gasteiger partial charge in [0.15, 0.2) is 0 Å². The topological polar surface area (TPSA) is 353 Å². The number of aliphatic carboxylic acids is 1. The third-order valence-electron chi connectivity index (χ3n) is 7.69. The highest BCUT2D eigenvalue weighted by Gasteiger charge is 2.34. The maximum atomic E-state index is 13.4. The van der Waals surface area contributed by atoms with E-state index in [1.165, 1.54) is 26.4 Å². The molecule has 0 aliphatic carbocycles. The largest absolute Gasteiger partial charge is 0.480 e. The summed E-state index contributed by atoms with van der Waals surface area (Å²) in [5, 5.41) is 52.6. The van der Waals surface area contributed by atoms with E-state index in [2.05, 4.69) is 41.9 Å². The van der Waals surface area contributed by atoms with Gasteiger partial charge in [0, 0.05) is 18.3 Å². The lowest BCUT2D eigenvalue weighted by atomic mass is 10.0. The standard InChI is InChI=1S/C31H54N10O11/c1-15(2)9-20(27(47)36-16(3)25(45)40-23(13-43)31(51)52)38-29(49)22(12-42)39-30(50)24(17(4)44)41-28(48)21(10-18-11-34-14-35-18)37-26(46)19(33)7-5-6-8-32/h11,14-17,19-24,42-44H,5-10,12-13,32-33H2,1-4H3,(H,34,35)(H,36,47)(H,37,46)(H,38,49)(H,39,50)(H,40,45)(H,41,48)(H,51,52)/t16-,17+,19-,20-,21-,22-,23-,24-/m0/s1. The molecule has 1 heterocycles. The number of amides is 6. The zero-order chi connectivity index (χ0) is 39.5.